The summed E-state index contributed by atoms with van der Waals surface area (Å²) >= 11 is 0. The molecule has 1 aromatic heterocycles. The molecule has 0 spiro atoms. The molecular formula is C17H20N2. The molecule has 3 rings (SSSR count). The Bertz CT molecular complexity index is 536. The Morgan fingerprint density at radius 3 is 2.84 bits per heavy atom. The van der Waals surface area contributed by atoms with Crippen LogP contribution in [0.4, 0.5) is 0 Å². The highest BCUT2D eigenvalue weighted by molar-refractivity contribution is 5.26. The lowest BCUT2D eigenvalue weighted by molar-refractivity contribution is 0.248. The summed E-state index contributed by atoms with van der Waals surface area (Å²) < 4.78 is 0. The summed E-state index contributed by atoms with van der Waals surface area (Å²) in [6.45, 7) is 4.41. The van der Waals surface area contributed by atoms with Gasteiger partial charge in [0, 0.05) is 25.0 Å². The minimum Gasteiger partial charge on any atom is -0.292 e. The Balaban J connectivity index is 1.81. The number of hydrogen-bond acceptors (Lipinski definition) is 2. The predicted octanol–water partition coefficient (Wildman–Crippen LogP) is 3.73. The van der Waals surface area contributed by atoms with Crippen molar-refractivity contribution in [3.63, 3.8) is 0 Å². The number of nitrogens with zero attached hydrogens (tertiary/aromatic N) is 2. The first kappa shape index (κ1) is 12.4. The topological polar surface area (TPSA) is 16.1 Å². The summed E-state index contributed by atoms with van der Waals surface area (Å²) in [5.41, 5.74) is 4.16. The van der Waals surface area contributed by atoms with Gasteiger partial charge in [0.05, 0.1) is 0 Å². The van der Waals surface area contributed by atoms with Crippen molar-refractivity contribution in [3.8, 4) is 0 Å². The molecular weight excluding hydrogens is 232 g/mol. The van der Waals surface area contributed by atoms with Crippen LogP contribution in [0.3, 0.4) is 0 Å². The first-order valence-corrected chi connectivity index (χ1v) is 7.03. The number of aryl methyl sites for hydroxylation is 1. The molecule has 0 aliphatic carbocycles. The summed E-state index contributed by atoms with van der Waals surface area (Å²) in [6.07, 6.45) is 6.45. The molecule has 0 unspecified atom stereocenters. The molecule has 1 aliphatic rings. The second-order valence-corrected chi connectivity index (χ2v) is 5.35. The molecule has 0 bridgehead atoms. The molecule has 0 saturated carbocycles. The van der Waals surface area contributed by atoms with E-state index in [-0.39, 0.29) is 0 Å². The number of aromatic nitrogens is 1. The highest BCUT2D eigenvalue weighted by Gasteiger charge is 2.26. The van der Waals surface area contributed by atoms with Crippen LogP contribution in [-0.2, 0) is 6.54 Å². The largest absolute Gasteiger partial charge is 0.292 e. The lowest BCUT2D eigenvalue weighted by Crippen LogP contribution is -2.23. The maximum Gasteiger partial charge on any atom is 0.0355 e. The normalized spacial score (nSPS) is 19.7. The van der Waals surface area contributed by atoms with E-state index in [1.165, 1.54) is 36.1 Å². The number of rotatable bonds is 3. The van der Waals surface area contributed by atoms with Gasteiger partial charge in [-0.25, -0.2) is 0 Å². The van der Waals surface area contributed by atoms with Crippen LogP contribution in [0, 0.1) is 6.92 Å². The van der Waals surface area contributed by atoms with Crippen molar-refractivity contribution in [2.45, 2.75) is 32.4 Å². The molecule has 1 atom stereocenters. The van der Waals surface area contributed by atoms with Crippen molar-refractivity contribution in [1.82, 2.24) is 9.88 Å². The van der Waals surface area contributed by atoms with Gasteiger partial charge in [0.25, 0.3) is 0 Å². The van der Waals surface area contributed by atoms with Gasteiger partial charge in [-0.15, -0.1) is 0 Å². The zero-order valence-corrected chi connectivity index (χ0v) is 11.4. The van der Waals surface area contributed by atoms with Crippen LogP contribution < -0.4 is 0 Å². The van der Waals surface area contributed by atoms with Crippen molar-refractivity contribution < 1.29 is 0 Å². The lowest BCUT2D eigenvalue weighted by Gasteiger charge is -2.26. The Morgan fingerprint density at radius 1 is 1.21 bits per heavy atom. The van der Waals surface area contributed by atoms with Crippen molar-refractivity contribution in [1.29, 1.82) is 0 Å². The molecule has 0 radical (unpaired) electrons. The molecule has 2 nitrogen and oxygen atoms in total. The summed E-state index contributed by atoms with van der Waals surface area (Å²) in [5, 5.41) is 0. The quantitative estimate of drug-likeness (QED) is 0.827. The third kappa shape index (κ3) is 2.69. The van der Waals surface area contributed by atoms with Crippen LogP contribution in [-0.4, -0.2) is 16.4 Å². The van der Waals surface area contributed by atoms with Crippen molar-refractivity contribution in [2.75, 3.05) is 6.54 Å². The van der Waals surface area contributed by atoms with Crippen LogP contribution in [0.25, 0.3) is 0 Å². The fourth-order valence-electron chi connectivity index (χ4n) is 3.04. The van der Waals surface area contributed by atoms with Crippen molar-refractivity contribution >= 4 is 0 Å². The van der Waals surface area contributed by atoms with Gasteiger partial charge in [0.15, 0.2) is 0 Å². The van der Waals surface area contributed by atoms with E-state index in [0.717, 1.165) is 6.54 Å². The van der Waals surface area contributed by atoms with Gasteiger partial charge in [-0.1, -0.05) is 30.3 Å². The van der Waals surface area contributed by atoms with Gasteiger partial charge < -0.3 is 0 Å². The highest BCUT2D eigenvalue weighted by Crippen LogP contribution is 2.34. The first-order chi connectivity index (χ1) is 9.34. The predicted molar refractivity (Wildman–Crippen MR) is 77.8 cm³/mol. The summed E-state index contributed by atoms with van der Waals surface area (Å²) in [4.78, 5) is 6.80. The molecule has 1 aromatic carbocycles. The number of pyridine rings is 1. The third-order valence-electron chi connectivity index (χ3n) is 4.01. The van der Waals surface area contributed by atoms with E-state index in [0.29, 0.717) is 6.04 Å². The SMILES string of the molecule is Cc1cnccc1[C@H]1CCCN1Cc1ccccc1. The average molecular weight is 252 g/mol. The van der Waals surface area contributed by atoms with E-state index in [4.69, 9.17) is 0 Å². The van der Waals surface area contributed by atoms with Gasteiger partial charge in [-0.3, -0.25) is 9.88 Å². The van der Waals surface area contributed by atoms with Gasteiger partial charge in [-0.2, -0.15) is 0 Å². The van der Waals surface area contributed by atoms with E-state index >= 15 is 0 Å². The first-order valence-electron chi connectivity index (χ1n) is 7.03. The van der Waals surface area contributed by atoms with Crippen molar-refractivity contribution in [3.05, 3.63) is 65.5 Å². The van der Waals surface area contributed by atoms with Gasteiger partial charge in [-0.05, 0) is 49.1 Å². The fraction of sp³-hybridized carbons (Fsp3) is 0.353. The van der Waals surface area contributed by atoms with Gasteiger partial charge >= 0.3 is 0 Å². The second-order valence-electron chi connectivity index (χ2n) is 5.35. The summed E-state index contributed by atoms with van der Waals surface area (Å²) in [5.74, 6) is 0. The Hall–Kier alpha value is -1.67. The minimum atomic E-state index is 0.559. The van der Waals surface area contributed by atoms with Gasteiger partial charge in [0.2, 0.25) is 0 Å². The van der Waals surface area contributed by atoms with E-state index in [1.54, 1.807) is 0 Å². The molecule has 98 valence electrons. The van der Waals surface area contributed by atoms with E-state index in [2.05, 4.69) is 53.2 Å². The fourth-order valence-corrected chi connectivity index (χ4v) is 3.04. The molecule has 1 fully saturated rings. The third-order valence-corrected chi connectivity index (χ3v) is 4.01. The van der Waals surface area contributed by atoms with Crippen molar-refractivity contribution in [2.24, 2.45) is 0 Å². The Morgan fingerprint density at radius 2 is 2.05 bits per heavy atom. The Kier molecular flexibility index (Phi) is 3.60. The number of hydrogen-bond donors (Lipinski definition) is 0. The smallest absolute Gasteiger partial charge is 0.0355 e. The maximum absolute atomic E-state index is 4.21. The minimum absolute atomic E-state index is 0.559. The summed E-state index contributed by atoms with van der Waals surface area (Å²) in [6, 6.07) is 13.5. The zero-order valence-electron chi connectivity index (χ0n) is 11.4. The van der Waals surface area contributed by atoms with Crippen LogP contribution in [0.2, 0.25) is 0 Å². The van der Waals surface area contributed by atoms with Crippen LogP contribution in [0.5, 0.6) is 0 Å². The molecule has 1 saturated heterocycles. The van der Waals surface area contributed by atoms with E-state index in [9.17, 15) is 0 Å². The second kappa shape index (κ2) is 5.54. The molecule has 2 aromatic rings. The van der Waals surface area contributed by atoms with E-state index in [1.807, 2.05) is 12.4 Å². The molecule has 19 heavy (non-hydrogen) atoms. The zero-order chi connectivity index (χ0) is 13.1. The van der Waals surface area contributed by atoms with Gasteiger partial charge in [0.1, 0.15) is 0 Å². The standard InChI is InChI=1S/C17H20N2/c1-14-12-18-10-9-16(14)17-8-5-11-19(17)13-15-6-3-2-4-7-15/h2-4,6-7,9-10,12,17H,5,8,11,13H2,1H3/t17-/m1/s1. The number of benzene rings is 1. The highest BCUT2D eigenvalue weighted by atomic mass is 15.2. The molecule has 1 aliphatic heterocycles. The monoisotopic (exact) mass is 252 g/mol. The molecule has 0 N–H and O–H groups in total. The van der Waals surface area contributed by atoms with Crippen LogP contribution in [0.1, 0.15) is 35.6 Å². The Labute approximate surface area is 115 Å². The maximum atomic E-state index is 4.21. The summed E-state index contributed by atoms with van der Waals surface area (Å²) in [7, 11) is 0. The van der Waals surface area contributed by atoms with Crippen LogP contribution >= 0.6 is 0 Å². The lowest BCUT2D eigenvalue weighted by atomic mass is 10.0. The number of likely N-dealkylation sites (tertiary alicyclic amines) is 1. The van der Waals surface area contributed by atoms with E-state index < -0.39 is 0 Å². The molecule has 2 heteroatoms. The van der Waals surface area contributed by atoms with Crippen LogP contribution in [0.15, 0.2) is 48.8 Å². The molecule has 2 heterocycles. The average Bonchev–Trinajstić information content (AvgIpc) is 2.88. The molecule has 0 amide bonds.